The van der Waals surface area contributed by atoms with Crippen LogP contribution in [-0.2, 0) is 24.7 Å². The lowest BCUT2D eigenvalue weighted by atomic mass is 10.6. The van der Waals surface area contributed by atoms with Gasteiger partial charge in [0, 0.05) is 0 Å². The molecule has 0 N–H and O–H groups in total. The molecule has 230 valence electrons. The summed E-state index contributed by atoms with van der Waals surface area (Å²) in [5.74, 6) is 0. The van der Waals surface area contributed by atoms with Crippen molar-refractivity contribution in [1.29, 1.82) is 0 Å². The number of hydrogen-bond donors (Lipinski definition) is 0. The quantitative estimate of drug-likeness (QED) is 0.105. The maximum absolute atomic E-state index is 6.84. The Morgan fingerprint density at radius 3 is 1.45 bits per heavy atom. The van der Waals surface area contributed by atoms with Gasteiger partial charge in [-0.25, -0.2) is 0 Å². The first kappa shape index (κ1) is 39.9. The van der Waals surface area contributed by atoms with Gasteiger partial charge in [0.25, 0.3) is 0 Å². The highest BCUT2D eigenvalue weighted by atomic mass is 28.5. The molecule has 0 saturated heterocycles. The van der Waals surface area contributed by atoms with Crippen LogP contribution in [0.2, 0.25) is 135 Å². The Kier molecular flexibility index (Phi) is 16.9. The Labute approximate surface area is 252 Å². The van der Waals surface area contributed by atoms with Crippen LogP contribution in [0.5, 0.6) is 0 Å². The van der Waals surface area contributed by atoms with Gasteiger partial charge in [0.2, 0.25) is 0 Å². The lowest BCUT2D eigenvalue weighted by Crippen LogP contribution is -2.56. The van der Waals surface area contributed by atoms with E-state index in [0.717, 1.165) is 12.1 Å². The Morgan fingerprint density at radius 2 is 0.947 bits per heavy atom. The second-order valence-electron chi connectivity index (χ2n) is 15.6. The van der Waals surface area contributed by atoms with E-state index >= 15 is 0 Å². The number of rotatable bonds is 21. The van der Waals surface area contributed by atoms with Crippen molar-refractivity contribution < 1.29 is 24.7 Å². The molecule has 0 rings (SSSR count). The molecule has 0 spiro atoms. The fourth-order valence-electron chi connectivity index (χ4n) is 4.54. The van der Waals surface area contributed by atoms with Gasteiger partial charge in [-0.3, -0.25) is 0 Å². The van der Waals surface area contributed by atoms with Gasteiger partial charge < -0.3 is 24.7 Å². The van der Waals surface area contributed by atoms with Gasteiger partial charge in [0.1, 0.15) is 29.3 Å². The normalized spacial score (nSPS) is 17.1. The molecule has 0 aliphatic carbocycles. The van der Waals surface area contributed by atoms with E-state index in [0.29, 0.717) is 0 Å². The van der Waals surface area contributed by atoms with Gasteiger partial charge in [-0.2, -0.15) is 0 Å². The van der Waals surface area contributed by atoms with Crippen LogP contribution < -0.4 is 0 Å². The molecule has 38 heavy (non-hydrogen) atoms. The third-order valence-corrected chi connectivity index (χ3v) is 40.8. The summed E-state index contributed by atoms with van der Waals surface area (Å²) in [7, 11) is -13.9. The highest BCUT2D eigenvalue weighted by molar-refractivity contribution is 6.90. The van der Waals surface area contributed by atoms with Gasteiger partial charge in [-0.05, 0) is 135 Å². The van der Waals surface area contributed by atoms with Crippen LogP contribution in [0.1, 0.15) is 6.42 Å². The lowest BCUT2D eigenvalue weighted by molar-refractivity contribution is 0.325. The van der Waals surface area contributed by atoms with Crippen molar-refractivity contribution >= 4 is 88.0 Å². The molecule has 0 radical (unpaired) electrons. The van der Waals surface area contributed by atoms with Crippen LogP contribution in [0.4, 0.5) is 0 Å². The molecule has 1 atom stereocenters. The molecule has 6 nitrogen and oxygen atoms in total. The van der Waals surface area contributed by atoms with E-state index < -0.39 is 78.2 Å². The third-order valence-electron chi connectivity index (χ3n) is 5.71. The molecule has 0 saturated carbocycles. The summed E-state index contributed by atoms with van der Waals surface area (Å²) in [5, 5.41) is 0. The Balaban J connectivity index is 4.65. The molecule has 0 aromatic heterocycles. The van der Waals surface area contributed by atoms with Crippen LogP contribution in [-0.4, -0.2) is 88.0 Å². The average molecular weight is 708 g/mol. The van der Waals surface area contributed by atoms with Crippen LogP contribution in [0.3, 0.4) is 0 Å². The molecule has 0 amide bonds. The minimum atomic E-state index is -2.32. The van der Waals surface area contributed by atoms with Gasteiger partial charge in [-0.15, -0.1) is 0 Å². The minimum absolute atomic E-state index is 0.338. The molecule has 0 aromatic carbocycles. The summed E-state index contributed by atoms with van der Waals surface area (Å²) >= 11 is 0. The fraction of sp³-hybridized carbons (Fsp3) is 1.00. The van der Waals surface area contributed by atoms with E-state index in [-0.39, 0.29) is 9.76 Å². The molecular formula is C22H66O6Si10. The molecule has 0 fully saturated rings. The van der Waals surface area contributed by atoms with Crippen molar-refractivity contribution in [2.75, 3.05) is 0 Å². The zero-order valence-electron chi connectivity index (χ0n) is 28.3. The predicted molar refractivity (Wildman–Crippen MR) is 195 cm³/mol. The molecule has 0 aliphatic rings. The van der Waals surface area contributed by atoms with Gasteiger partial charge >= 0.3 is 17.1 Å². The topological polar surface area (TPSA) is 55.4 Å². The summed E-state index contributed by atoms with van der Waals surface area (Å²) in [5.41, 5.74) is 1.23. The molecule has 16 heteroatoms. The molecule has 0 aliphatic heterocycles. The van der Waals surface area contributed by atoms with Gasteiger partial charge in [0.05, 0.1) is 0 Å². The molecule has 0 aromatic rings. The zero-order chi connectivity index (χ0) is 30.1. The van der Waals surface area contributed by atoms with Gasteiger partial charge in [0.15, 0.2) is 41.6 Å². The minimum Gasteiger partial charge on any atom is -0.461 e. The molecular weight excluding hydrogens is 641 g/mol. The largest absolute Gasteiger partial charge is 0.461 e. The van der Waals surface area contributed by atoms with Crippen LogP contribution in [0.15, 0.2) is 0 Å². The summed E-state index contributed by atoms with van der Waals surface area (Å²) in [4.78, 5) is 0. The van der Waals surface area contributed by atoms with E-state index in [9.17, 15) is 0 Å². The summed E-state index contributed by atoms with van der Waals surface area (Å²) in [6, 6.07) is 4.74. The van der Waals surface area contributed by atoms with Crippen molar-refractivity contribution in [3.05, 3.63) is 0 Å². The second-order valence-corrected chi connectivity index (χ2v) is 51.9. The van der Waals surface area contributed by atoms with Crippen molar-refractivity contribution in [2.24, 2.45) is 0 Å². The fourth-order valence-corrected chi connectivity index (χ4v) is 40.7. The second kappa shape index (κ2) is 16.1. The Bertz CT molecular complexity index is 677. The van der Waals surface area contributed by atoms with Crippen LogP contribution >= 0.6 is 0 Å². The smallest absolute Gasteiger partial charge is 0.315 e. The first-order valence-corrected chi connectivity index (χ1v) is 41.3. The molecule has 0 heterocycles. The summed E-state index contributed by atoms with van der Waals surface area (Å²) < 4.78 is 39.6. The Hall–Kier alpha value is 1.93. The third kappa shape index (κ3) is 23.5. The van der Waals surface area contributed by atoms with Crippen molar-refractivity contribution in [3.8, 4) is 0 Å². The van der Waals surface area contributed by atoms with Crippen molar-refractivity contribution in [2.45, 2.75) is 141 Å². The maximum Gasteiger partial charge on any atom is 0.315 e. The zero-order valence-corrected chi connectivity index (χ0v) is 39.6. The first-order valence-electron chi connectivity index (χ1n) is 14.8. The maximum atomic E-state index is 6.84. The van der Waals surface area contributed by atoms with Crippen molar-refractivity contribution in [1.82, 2.24) is 0 Å². The van der Waals surface area contributed by atoms with E-state index in [2.05, 4.69) is 105 Å². The average Bonchev–Trinajstić information content (AvgIpc) is 2.59. The van der Waals surface area contributed by atoms with E-state index in [1.165, 1.54) is 24.2 Å². The highest BCUT2D eigenvalue weighted by Crippen LogP contribution is 2.28. The molecule has 0 bridgehead atoms. The monoisotopic (exact) mass is 706 g/mol. The van der Waals surface area contributed by atoms with E-state index in [4.69, 9.17) is 24.7 Å². The first-order chi connectivity index (χ1) is 16.7. The van der Waals surface area contributed by atoms with Crippen LogP contribution in [0, 0.1) is 0 Å². The lowest BCUT2D eigenvalue weighted by Gasteiger charge is -2.41. The Morgan fingerprint density at radius 1 is 0.447 bits per heavy atom. The van der Waals surface area contributed by atoms with E-state index in [1.54, 1.807) is 0 Å². The van der Waals surface area contributed by atoms with Gasteiger partial charge in [-0.1, -0.05) is 6.42 Å². The summed E-state index contributed by atoms with van der Waals surface area (Å²) in [6.45, 7) is 36.8. The number of hydrogen-bond acceptors (Lipinski definition) is 6. The standard InChI is InChI=1S/C22H66O6Si10/c1-32(2,3)23-29-18-17-20-35(10,11)25-31-22-36(12,13)24-30-19-21-38(16,27-34(7,8)9)28-37(14,15)26-33(4,5)6/h17-22,29-31H2,1-16H3. The molecule has 1 unspecified atom stereocenters. The van der Waals surface area contributed by atoms with Crippen LogP contribution in [0.25, 0.3) is 0 Å². The van der Waals surface area contributed by atoms with Crippen molar-refractivity contribution in [3.63, 3.8) is 0 Å². The predicted octanol–water partition coefficient (Wildman–Crippen LogP) is 6.21. The summed E-state index contributed by atoms with van der Waals surface area (Å²) in [6.07, 6.45) is 1.29. The highest BCUT2D eigenvalue weighted by Gasteiger charge is 2.44. The van der Waals surface area contributed by atoms with E-state index in [1.807, 2.05) is 0 Å². The SMILES string of the molecule is C[Si](C)(C)O[SiH2]CCC[Si](C)(C)O[SiH2]C[Si](C)(C)O[SiH2]CC[Si](C)(O[Si](C)(C)C)O[Si](C)(C)O[Si](C)(C)C.